The van der Waals surface area contributed by atoms with Crippen LogP contribution in [0.25, 0.3) is 0 Å². The molecule has 21 heavy (non-hydrogen) atoms. The Morgan fingerprint density at radius 2 is 2.19 bits per heavy atom. The summed E-state index contributed by atoms with van der Waals surface area (Å²) in [6, 6.07) is 5.77. The van der Waals surface area contributed by atoms with E-state index in [4.69, 9.17) is 0 Å². The van der Waals surface area contributed by atoms with Crippen LogP contribution in [0.4, 0.5) is 17.2 Å². The first-order valence-electron chi connectivity index (χ1n) is 6.34. The van der Waals surface area contributed by atoms with Crippen molar-refractivity contribution < 1.29 is 9.72 Å². The Morgan fingerprint density at radius 1 is 1.43 bits per heavy atom. The lowest BCUT2D eigenvalue weighted by atomic mass is 10.1. The average molecular weight is 289 g/mol. The highest BCUT2D eigenvalue weighted by Gasteiger charge is 2.17. The van der Waals surface area contributed by atoms with Crippen molar-refractivity contribution in [2.45, 2.75) is 6.92 Å². The van der Waals surface area contributed by atoms with Gasteiger partial charge in [-0.2, -0.15) is 5.10 Å². The van der Waals surface area contributed by atoms with Crippen molar-refractivity contribution in [3.8, 4) is 0 Å². The number of non-ortho nitro benzene ring substituents is 1. The monoisotopic (exact) mass is 289 g/mol. The summed E-state index contributed by atoms with van der Waals surface area (Å²) in [5.41, 5.74) is 0.607. The fourth-order valence-corrected chi connectivity index (χ4v) is 1.84. The van der Waals surface area contributed by atoms with Gasteiger partial charge in [0.05, 0.1) is 10.5 Å². The number of amides is 1. The van der Waals surface area contributed by atoms with Crippen molar-refractivity contribution in [3.63, 3.8) is 0 Å². The van der Waals surface area contributed by atoms with E-state index in [0.29, 0.717) is 18.1 Å². The number of nitro groups is 1. The van der Waals surface area contributed by atoms with Crippen molar-refractivity contribution >= 4 is 23.1 Å². The molecule has 1 amide bonds. The van der Waals surface area contributed by atoms with Crippen LogP contribution >= 0.6 is 0 Å². The molecule has 0 unspecified atom stereocenters. The van der Waals surface area contributed by atoms with Gasteiger partial charge >= 0.3 is 0 Å². The van der Waals surface area contributed by atoms with Gasteiger partial charge in [-0.3, -0.25) is 19.6 Å². The zero-order valence-electron chi connectivity index (χ0n) is 11.7. The molecule has 8 nitrogen and oxygen atoms in total. The number of hydrogen-bond acceptors (Lipinski definition) is 5. The van der Waals surface area contributed by atoms with Crippen LogP contribution in [0.3, 0.4) is 0 Å². The molecule has 2 N–H and O–H groups in total. The van der Waals surface area contributed by atoms with E-state index in [9.17, 15) is 14.9 Å². The smallest absolute Gasteiger partial charge is 0.270 e. The number of nitro benzene ring substituents is 1. The zero-order valence-corrected chi connectivity index (χ0v) is 11.7. The fourth-order valence-electron chi connectivity index (χ4n) is 1.84. The van der Waals surface area contributed by atoms with Crippen LogP contribution in [-0.2, 0) is 7.05 Å². The molecular formula is C13H15N5O3. The average Bonchev–Trinajstić information content (AvgIpc) is 2.84. The molecule has 0 aliphatic rings. The van der Waals surface area contributed by atoms with Gasteiger partial charge in [0, 0.05) is 43.7 Å². The van der Waals surface area contributed by atoms with Crippen LogP contribution in [0.15, 0.2) is 30.5 Å². The minimum Gasteiger partial charge on any atom is -0.385 e. The van der Waals surface area contributed by atoms with Crippen molar-refractivity contribution in [1.82, 2.24) is 9.78 Å². The number of rotatable bonds is 5. The summed E-state index contributed by atoms with van der Waals surface area (Å²) in [4.78, 5) is 22.6. The Labute approximate surface area is 120 Å². The maximum absolute atomic E-state index is 12.3. The van der Waals surface area contributed by atoms with Gasteiger partial charge < -0.3 is 10.6 Å². The molecule has 1 aromatic heterocycles. The second-order valence-electron chi connectivity index (χ2n) is 4.35. The molecule has 1 heterocycles. The van der Waals surface area contributed by atoms with Gasteiger partial charge in [0.2, 0.25) is 0 Å². The third kappa shape index (κ3) is 3.35. The van der Waals surface area contributed by atoms with Crippen LogP contribution in [0.1, 0.15) is 17.3 Å². The number of anilines is 2. The van der Waals surface area contributed by atoms with Gasteiger partial charge in [0.1, 0.15) is 0 Å². The summed E-state index contributed by atoms with van der Waals surface area (Å²) in [6.07, 6.45) is 1.69. The first kappa shape index (κ1) is 14.5. The Morgan fingerprint density at radius 3 is 2.76 bits per heavy atom. The maximum atomic E-state index is 12.3. The quantitative estimate of drug-likeness (QED) is 0.647. The van der Waals surface area contributed by atoms with Gasteiger partial charge in [-0.15, -0.1) is 0 Å². The number of aromatic nitrogens is 2. The van der Waals surface area contributed by atoms with E-state index >= 15 is 0 Å². The standard InChI is InChI=1S/C13H15N5O3/c1-3-14-11-5-4-9(18(20)21)8-10(11)13(19)15-12-6-7-17(2)16-12/h4-8,14H,3H2,1-2H3,(H,15,16,19). The predicted molar refractivity (Wildman–Crippen MR) is 78.4 cm³/mol. The zero-order chi connectivity index (χ0) is 15.4. The minimum atomic E-state index is -0.534. The Kier molecular flexibility index (Phi) is 4.17. The van der Waals surface area contributed by atoms with Gasteiger partial charge in [0.15, 0.2) is 5.82 Å². The van der Waals surface area contributed by atoms with Crippen LogP contribution in [0.2, 0.25) is 0 Å². The predicted octanol–water partition coefficient (Wildman–Crippen LogP) is 2.01. The van der Waals surface area contributed by atoms with E-state index < -0.39 is 10.8 Å². The molecule has 0 aliphatic heterocycles. The lowest BCUT2D eigenvalue weighted by Gasteiger charge is -2.10. The summed E-state index contributed by atoms with van der Waals surface area (Å²) in [5.74, 6) is -0.0650. The molecule has 1 aromatic carbocycles. The molecule has 0 aliphatic carbocycles. The highest BCUT2D eigenvalue weighted by molar-refractivity contribution is 6.08. The summed E-state index contributed by atoms with van der Waals surface area (Å²) in [7, 11) is 1.73. The molecule has 2 rings (SSSR count). The summed E-state index contributed by atoms with van der Waals surface area (Å²) < 4.78 is 1.55. The number of carbonyl (C=O) groups excluding carboxylic acids is 1. The first-order chi connectivity index (χ1) is 10.0. The number of benzene rings is 1. The highest BCUT2D eigenvalue weighted by Crippen LogP contribution is 2.23. The number of aryl methyl sites for hydroxylation is 1. The van der Waals surface area contributed by atoms with Crippen molar-refractivity contribution in [2.75, 3.05) is 17.2 Å². The third-order valence-electron chi connectivity index (χ3n) is 2.78. The molecule has 2 aromatic rings. The minimum absolute atomic E-state index is 0.136. The molecule has 0 bridgehead atoms. The molecule has 0 fully saturated rings. The van der Waals surface area contributed by atoms with Crippen molar-refractivity contribution in [2.24, 2.45) is 7.05 Å². The lowest BCUT2D eigenvalue weighted by Crippen LogP contribution is -2.15. The van der Waals surface area contributed by atoms with Crippen LogP contribution in [0, 0.1) is 10.1 Å². The van der Waals surface area contributed by atoms with Gasteiger partial charge in [-0.05, 0) is 13.0 Å². The molecule has 0 radical (unpaired) electrons. The highest BCUT2D eigenvalue weighted by atomic mass is 16.6. The fraction of sp³-hybridized carbons (Fsp3) is 0.231. The summed E-state index contributed by atoms with van der Waals surface area (Å²) in [5, 5.41) is 20.5. The number of hydrogen-bond donors (Lipinski definition) is 2. The van der Waals surface area contributed by atoms with E-state index in [-0.39, 0.29) is 11.3 Å². The number of nitrogens with one attached hydrogen (secondary N) is 2. The molecule has 0 saturated carbocycles. The lowest BCUT2D eigenvalue weighted by molar-refractivity contribution is -0.384. The largest absolute Gasteiger partial charge is 0.385 e. The first-order valence-corrected chi connectivity index (χ1v) is 6.34. The molecule has 0 atom stereocenters. The van der Waals surface area contributed by atoms with E-state index in [0.717, 1.165) is 0 Å². The maximum Gasteiger partial charge on any atom is 0.270 e. The molecule has 0 saturated heterocycles. The van der Waals surface area contributed by atoms with E-state index in [1.807, 2.05) is 6.92 Å². The van der Waals surface area contributed by atoms with E-state index in [1.165, 1.54) is 18.2 Å². The van der Waals surface area contributed by atoms with Crippen LogP contribution in [-0.4, -0.2) is 27.2 Å². The molecular weight excluding hydrogens is 274 g/mol. The van der Waals surface area contributed by atoms with Crippen LogP contribution in [0.5, 0.6) is 0 Å². The second-order valence-corrected chi connectivity index (χ2v) is 4.35. The van der Waals surface area contributed by atoms with Crippen LogP contribution < -0.4 is 10.6 Å². The van der Waals surface area contributed by atoms with Crippen molar-refractivity contribution in [1.29, 1.82) is 0 Å². The van der Waals surface area contributed by atoms with E-state index in [1.54, 1.807) is 24.0 Å². The SMILES string of the molecule is CCNc1ccc([N+](=O)[O-])cc1C(=O)Nc1ccn(C)n1. The van der Waals surface area contributed by atoms with Crippen molar-refractivity contribution in [3.05, 3.63) is 46.1 Å². The normalized spacial score (nSPS) is 10.2. The summed E-state index contributed by atoms with van der Waals surface area (Å²) in [6.45, 7) is 2.48. The summed E-state index contributed by atoms with van der Waals surface area (Å²) >= 11 is 0. The van der Waals surface area contributed by atoms with Gasteiger partial charge in [-0.1, -0.05) is 0 Å². The molecule has 110 valence electrons. The van der Waals surface area contributed by atoms with Gasteiger partial charge in [0.25, 0.3) is 11.6 Å². The Balaban J connectivity index is 2.32. The molecule has 8 heteroatoms. The number of carbonyl (C=O) groups is 1. The third-order valence-corrected chi connectivity index (χ3v) is 2.78. The topological polar surface area (TPSA) is 102 Å². The van der Waals surface area contributed by atoms with E-state index in [2.05, 4.69) is 15.7 Å². The second kappa shape index (κ2) is 6.04. The molecule has 0 spiro atoms. The van der Waals surface area contributed by atoms with Gasteiger partial charge in [-0.25, -0.2) is 0 Å². The Bertz CT molecular complexity index is 680. The Hall–Kier alpha value is -2.90. The number of nitrogens with zero attached hydrogens (tertiary/aromatic N) is 3.